The Labute approximate surface area is 126 Å². The van der Waals surface area contributed by atoms with E-state index in [1.54, 1.807) is 4.90 Å². The highest BCUT2D eigenvalue weighted by molar-refractivity contribution is 14.0. The van der Waals surface area contributed by atoms with Gasteiger partial charge in [0.25, 0.3) is 0 Å². The molecule has 1 amide bonds. The Balaban J connectivity index is 0.00000289. The smallest absolute Gasteiger partial charge is 0.244 e. The molecule has 1 aliphatic rings. The Morgan fingerprint density at radius 1 is 1.17 bits per heavy atom. The molecule has 106 valence electrons. The van der Waals surface area contributed by atoms with Crippen molar-refractivity contribution in [2.24, 2.45) is 4.99 Å². The summed E-state index contributed by atoms with van der Waals surface area (Å²) in [5.41, 5.74) is 0. The van der Waals surface area contributed by atoms with E-state index in [4.69, 9.17) is 4.74 Å². The Morgan fingerprint density at radius 3 is 2.11 bits per heavy atom. The Morgan fingerprint density at radius 2 is 1.67 bits per heavy atom. The van der Waals surface area contributed by atoms with E-state index >= 15 is 0 Å². The predicted molar refractivity (Wildman–Crippen MR) is 82.5 cm³/mol. The van der Waals surface area contributed by atoms with Gasteiger partial charge in [-0.25, -0.2) is 4.99 Å². The zero-order valence-corrected chi connectivity index (χ0v) is 13.9. The molecule has 0 aromatic rings. The number of ether oxygens (including phenoxy) is 1. The number of amides is 1. The molecule has 0 unspecified atom stereocenters. The molecule has 1 rings (SSSR count). The van der Waals surface area contributed by atoms with E-state index in [9.17, 15) is 4.79 Å². The van der Waals surface area contributed by atoms with Gasteiger partial charge in [0.05, 0.1) is 13.2 Å². The van der Waals surface area contributed by atoms with Gasteiger partial charge in [-0.3, -0.25) is 4.79 Å². The van der Waals surface area contributed by atoms with Gasteiger partial charge in [-0.1, -0.05) is 0 Å². The summed E-state index contributed by atoms with van der Waals surface area (Å²) in [7, 11) is 7.66. The van der Waals surface area contributed by atoms with Gasteiger partial charge in [-0.05, 0) is 0 Å². The molecular formula is C11H23IN4O2. The number of guanidine groups is 1. The number of aliphatic imine (C=N–C) groups is 1. The normalized spacial score (nSPS) is 14.6. The number of nitrogens with zero attached hydrogens (tertiary/aromatic N) is 4. The lowest BCUT2D eigenvalue weighted by atomic mass is 10.4. The van der Waals surface area contributed by atoms with E-state index in [-0.39, 0.29) is 36.4 Å². The van der Waals surface area contributed by atoms with Gasteiger partial charge in [0.15, 0.2) is 5.96 Å². The maximum absolute atomic E-state index is 11.9. The third-order valence-corrected chi connectivity index (χ3v) is 2.52. The van der Waals surface area contributed by atoms with E-state index in [1.807, 2.05) is 38.0 Å². The van der Waals surface area contributed by atoms with Gasteiger partial charge in [0.2, 0.25) is 5.91 Å². The molecule has 18 heavy (non-hydrogen) atoms. The van der Waals surface area contributed by atoms with Crippen LogP contribution < -0.4 is 0 Å². The molecule has 1 saturated heterocycles. The standard InChI is InChI=1S/C11H22N4O2.HI/c1-13(2)11(14(3)4)12-9-10(16)15-5-7-17-8-6-15;/h5-9H2,1-4H3;1H. The van der Waals surface area contributed by atoms with Crippen LogP contribution in [0.1, 0.15) is 0 Å². The number of carbonyl (C=O) groups is 1. The van der Waals surface area contributed by atoms with E-state index in [0.717, 1.165) is 5.96 Å². The molecular weight excluding hydrogens is 347 g/mol. The van der Waals surface area contributed by atoms with Crippen molar-refractivity contribution in [2.45, 2.75) is 0 Å². The molecule has 0 atom stereocenters. The molecule has 0 spiro atoms. The van der Waals surface area contributed by atoms with E-state index < -0.39 is 0 Å². The molecule has 0 aliphatic carbocycles. The second-order valence-corrected chi connectivity index (χ2v) is 4.40. The van der Waals surface area contributed by atoms with Gasteiger partial charge < -0.3 is 19.4 Å². The molecule has 7 heteroatoms. The van der Waals surface area contributed by atoms with Crippen LogP contribution in [0.5, 0.6) is 0 Å². The number of carbonyl (C=O) groups excluding carboxylic acids is 1. The fourth-order valence-corrected chi connectivity index (χ4v) is 1.73. The van der Waals surface area contributed by atoms with E-state index in [1.165, 1.54) is 0 Å². The molecule has 6 nitrogen and oxygen atoms in total. The number of halogens is 1. The van der Waals surface area contributed by atoms with Gasteiger partial charge in [0.1, 0.15) is 6.54 Å². The molecule has 0 bridgehead atoms. The quantitative estimate of drug-likeness (QED) is 0.388. The molecule has 1 heterocycles. The maximum atomic E-state index is 11.9. The predicted octanol–water partition coefficient (Wildman–Crippen LogP) is -0.0576. The second-order valence-electron chi connectivity index (χ2n) is 4.40. The van der Waals surface area contributed by atoms with Crippen LogP contribution in [0.15, 0.2) is 4.99 Å². The lowest BCUT2D eigenvalue weighted by molar-refractivity contribution is -0.133. The first-order valence-corrected chi connectivity index (χ1v) is 5.77. The Bertz CT molecular complexity index is 279. The SMILES string of the molecule is CN(C)C(=NCC(=O)N1CCOCC1)N(C)C.I. The number of morpholine rings is 1. The summed E-state index contributed by atoms with van der Waals surface area (Å²) < 4.78 is 5.21. The zero-order valence-electron chi connectivity index (χ0n) is 11.5. The summed E-state index contributed by atoms with van der Waals surface area (Å²) in [4.78, 5) is 21.8. The highest BCUT2D eigenvalue weighted by atomic mass is 127. The monoisotopic (exact) mass is 370 g/mol. The molecule has 0 aromatic carbocycles. The van der Waals surface area contributed by atoms with Crippen molar-refractivity contribution in [1.29, 1.82) is 0 Å². The minimum absolute atomic E-state index is 0. The average molecular weight is 370 g/mol. The first-order chi connectivity index (χ1) is 8.02. The third-order valence-electron chi connectivity index (χ3n) is 2.52. The summed E-state index contributed by atoms with van der Waals surface area (Å²) in [6, 6.07) is 0. The summed E-state index contributed by atoms with van der Waals surface area (Å²) in [5.74, 6) is 0.862. The highest BCUT2D eigenvalue weighted by Gasteiger charge is 2.16. The number of hydrogen-bond acceptors (Lipinski definition) is 3. The van der Waals surface area contributed by atoms with Crippen LogP contribution in [-0.4, -0.2) is 87.6 Å². The summed E-state index contributed by atoms with van der Waals surface area (Å²) in [6.07, 6.45) is 0. The minimum Gasteiger partial charge on any atom is -0.378 e. The fraction of sp³-hybridized carbons (Fsp3) is 0.818. The van der Waals surface area contributed by atoms with Crippen LogP contribution >= 0.6 is 24.0 Å². The summed E-state index contributed by atoms with van der Waals surface area (Å²) in [5, 5.41) is 0. The average Bonchev–Trinajstić information content (AvgIpc) is 2.29. The summed E-state index contributed by atoms with van der Waals surface area (Å²) in [6.45, 7) is 2.81. The van der Waals surface area contributed by atoms with Crippen molar-refractivity contribution in [2.75, 3.05) is 61.0 Å². The minimum atomic E-state index is 0. The first kappa shape index (κ1) is 17.4. The van der Waals surface area contributed by atoms with Gasteiger partial charge in [-0.15, -0.1) is 24.0 Å². The van der Waals surface area contributed by atoms with Crippen molar-refractivity contribution >= 4 is 35.8 Å². The number of hydrogen-bond donors (Lipinski definition) is 0. The molecule has 1 aliphatic heterocycles. The lowest BCUT2D eigenvalue weighted by Gasteiger charge is -2.27. The van der Waals surface area contributed by atoms with Crippen molar-refractivity contribution < 1.29 is 9.53 Å². The highest BCUT2D eigenvalue weighted by Crippen LogP contribution is 1.98. The van der Waals surface area contributed by atoms with Crippen LogP contribution in [0, 0.1) is 0 Å². The van der Waals surface area contributed by atoms with Crippen molar-refractivity contribution in [1.82, 2.24) is 14.7 Å². The molecule has 0 aromatic heterocycles. The summed E-state index contributed by atoms with van der Waals surface area (Å²) >= 11 is 0. The maximum Gasteiger partial charge on any atom is 0.244 e. The van der Waals surface area contributed by atoms with Crippen LogP contribution in [0.4, 0.5) is 0 Å². The molecule has 0 N–H and O–H groups in total. The fourth-order valence-electron chi connectivity index (χ4n) is 1.73. The largest absolute Gasteiger partial charge is 0.378 e. The van der Waals surface area contributed by atoms with Gasteiger partial charge >= 0.3 is 0 Å². The third kappa shape index (κ3) is 5.38. The Kier molecular flexibility index (Phi) is 8.25. The van der Waals surface area contributed by atoms with Gasteiger partial charge in [0, 0.05) is 41.3 Å². The Hall–Kier alpha value is -0.570. The van der Waals surface area contributed by atoms with Crippen molar-refractivity contribution in [3.8, 4) is 0 Å². The number of rotatable bonds is 2. The molecule has 0 radical (unpaired) electrons. The van der Waals surface area contributed by atoms with Gasteiger partial charge in [-0.2, -0.15) is 0 Å². The zero-order chi connectivity index (χ0) is 12.8. The topological polar surface area (TPSA) is 48.4 Å². The first-order valence-electron chi connectivity index (χ1n) is 5.77. The van der Waals surface area contributed by atoms with Crippen molar-refractivity contribution in [3.05, 3.63) is 0 Å². The molecule has 1 fully saturated rings. The van der Waals surface area contributed by atoms with Crippen LogP contribution in [-0.2, 0) is 9.53 Å². The van der Waals surface area contributed by atoms with Crippen LogP contribution in [0.25, 0.3) is 0 Å². The van der Waals surface area contributed by atoms with E-state index in [0.29, 0.717) is 26.3 Å². The van der Waals surface area contributed by atoms with E-state index in [2.05, 4.69) is 4.99 Å². The molecule has 0 saturated carbocycles. The second kappa shape index (κ2) is 8.52. The van der Waals surface area contributed by atoms with Crippen LogP contribution in [0.3, 0.4) is 0 Å². The lowest BCUT2D eigenvalue weighted by Crippen LogP contribution is -2.42. The van der Waals surface area contributed by atoms with Crippen LogP contribution in [0.2, 0.25) is 0 Å². The van der Waals surface area contributed by atoms with Crippen molar-refractivity contribution in [3.63, 3.8) is 0 Å².